The molecule has 0 bridgehead atoms. The van der Waals surface area contributed by atoms with Gasteiger partial charge in [0, 0.05) is 36.6 Å². The highest BCUT2D eigenvalue weighted by atomic mass is 19.2. The predicted molar refractivity (Wildman–Crippen MR) is 115 cm³/mol. The molecule has 2 aromatic rings. The van der Waals surface area contributed by atoms with Gasteiger partial charge < -0.3 is 10.6 Å². The molecule has 0 spiro atoms. The van der Waals surface area contributed by atoms with Crippen LogP contribution in [0.1, 0.15) is 18.4 Å². The number of anilines is 2. The fourth-order valence-corrected chi connectivity index (χ4v) is 3.91. The minimum Gasteiger partial charge on any atom is -0.383 e. The van der Waals surface area contributed by atoms with Crippen LogP contribution in [0.15, 0.2) is 59.6 Å². The average molecular weight is 424 g/mol. The van der Waals surface area contributed by atoms with Crippen molar-refractivity contribution >= 4 is 17.5 Å². The van der Waals surface area contributed by atoms with Crippen molar-refractivity contribution in [1.29, 1.82) is 0 Å². The molecule has 2 aromatic heterocycles. The second-order valence-electron chi connectivity index (χ2n) is 7.57. The molecule has 0 radical (unpaired) electrons. The van der Waals surface area contributed by atoms with E-state index < -0.39 is 12.3 Å². The van der Waals surface area contributed by atoms with E-state index in [1.165, 1.54) is 36.1 Å². The Morgan fingerprint density at radius 1 is 1.06 bits per heavy atom. The second kappa shape index (κ2) is 7.95. The number of nitrogens with zero attached hydrogens (tertiary/aromatic N) is 5. The molecule has 160 valence electrons. The van der Waals surface area contributed by atoms with E-state index in [0.29, 0.717) is 11.4 Å². The van der Waals surface area contributed by atoms with Gasteiger partial charge in [0.2, 0.25) is 0 Å². The number of halogens is 2. The fourth-order valence-electron chi connectivity index (χ4n) is 3.91. The van der Waals surface area contributed by atoms with Gasteiger partial charge in [-0.25, -0.2) is 29.3 Å². The van der Waals surface area contributed by atoms with E-state index in [1.54, 1.807) is 12.4 Å². The van der Waals surface area contributed by atoms with E-state index in [9.17, 15) is 8.78 Å². The zero-order chi connectivity index (χ0) is 21.4. The lowest BCUT2D eigenvalue weighted by Gasteiger charge is -2.27. The summed E-state index contributed by atoms with van der Waals surface area (Å²) < 4.78 is 28.3. The SMILES string of the molecule is Nc1ncc(-c2ccc(N3CCCC3)nc2)cc1C1=NNNN1C1=CC=CC(F)C1F. The Labute approximate surface area is 178 Å². The van der Waals surface area contributed by atoms with Gasteiger partial charge in [-0.2, -0.15) is 0 Å². The van der Waals surface area contributed by atoms with E-state index in [4.69, 9.17) is 5.73 Å². The average Bonchev–Trinajstić information content (AvgIpc) is 3.49. The van der Waals surface area contributed by atoms with Crippen molar-refractivity contribution in [2.75, 3.05) is 23.7 Å². The maximum absolute atomic E-state index is 14.5. The van der Waals surface area contributed by atoms with Crippen molar-refractivity contribution in [2.24, 2.45) is 5.10 Å². The highest BCUT2D eigenvalue weighted by Gasteiger charge is 2.34. The predicted octanol–water partition coefficient (Wildman–Crippen LogP) is 2.44. The van der Waals surface area contributed by atoms with Crippen LogP contribution in [0.3, 0.4) is 0 Å². The minimum absolute atomic E-state index is 0.0835. The van der Waals surface area contributed by atoms with Crippen molar-refractivity contribution in [1.82, 2.24) is 26.0 Å². The van der Waals surface area contributed by atoms with E-state index in [0.717, 1.165) is 30.0 Å². The van der Waals surface area contributed by atoms with E-state index in [2.05, 4.69) is 31.0 Å². The van der Waals surface area contributed by atoms with Gasteiger partial charge in [-0.15, -0.1) is 10.6 Å². The van der Waals surface area contributed by atoms with Crippen molar-refractivity contribution in [2.45, 2.75) is 25.2 Å². The van der Waals surface area contributed by atoms with Gasteiger partial charge in [0.05, 0.1) is 11.3 Å². The maximum atomic E-state index is 14.5. The number of hydrogen-bond donors (Lipinski definition) is 3. The highest BCUT2D eigenvalue weighted by Crippen LogP contribution is 2.29. The van der Waals surface area contributed by atoms with Crippen LogP contribution in [0.25, 0.3) is 11.1 Å². The first kappa shape index (κ1) is 19.4. The molecule has 31 heavy (non-hydrogen) atoms. The zero-order valence-corrected chi connectivity index (χ0v) is 16.7. The number of pyridine rings is 2. The first-order valence-electron chi connectivity index (χ1n) is 10.1. The molecular weight excluding hydrogens is 402 g/mol. The van der Waals surface area contributed by atoms with Gasteiger partial charge in [-0.1, -0.05) is 6.08 Å². The van der Waals surface area contributed by atoms with E-state index >= 15 is 0 Å². The van der Waals surface area contributed by atoms with Crippen LogP contribution in [0.5, 0.6) is 0 Å². The third-order valence-corrected chi connectivity index (χ3v) is 5.59. The number of aromatic nitrogens is 2. The molecule has 3 aliphatic rings. The molecule has 1 saturated heterocycles. The number of nitrogens with two attached hydrogens (primary N) is 1. The number of nitrogen functional groups attached to an aromatic ring is 1. The summed E-state index contributed by atoms with van der Waals surface area (Å²) >= 11 is 0. The highest BCUT2D eigenvalue weighted by molar-refractivity contribution is 6.04. The molecule has 4 heterocycles. The largest absolute Gasteiger partial charge is 0.383 e. The van der Waals surface area contributed by atoms with E-state index in [1.807, 2.05) is 18.2 Å². The zero-order valence-electron chi connectivity index (χ0n) is 16.7. The topological polar surface area (TPSA) is 94.7 Å². The lowest BCUT2D eigenvalue weighted by molar-refractivity contribution is 0.190. The summed E-state index contributed by atoms with van der Waals surface area (Å²) in [4.78, 5) is 11.1. The molecule has 2 atom stereocenters. The Bertz CT molecular complexity index is 1060. The van der Waals surface area contributed by atoms with Crippen molar-refractivity contribution < 1.29 is 8.78 Å². The minimum atomic E-state index is -1.83. The van der Waals surface area contributed by atoms with Gasteiger partial charge >= 0.3 is 0 Å². The monoisotopic (exact) mass is 424 g/mol. The van der Waals surface area contributed by atoms with Crippen molar-refractivity contribution in [3.05, 3.63) is 60.1 Å². The molecular formula is C21H22F2N8. The number of hydrogen-bond acceptors (Lipinski definition) is 8. The number of hydrazine groups is 2. The van der Waals surface area contributed by atoms with Gasteiger partial charge in [0.25, 0.3) is 0 Å². The molecule has 2 unspecified atom stereocenters. The number of allylic oxidation sites excluding steroid dienone is 4. The fraction of sp³-hybridized carbons (Fsp3) is 0.286. The van der Waals surface area contributed by atoms with Crippen molar-refractivity contribution in [3.8, 4) is 11.1 Å². The summed E-state index contributed by atoms with van der Waals surface area (Å²) in [5.74, 6) is 1.47. The van der Waals surface area contributed by atoms with Gasteiger partial charge in [0.1, 0.15) is 11.6 Å². The quantitative estimate of drug-likeness (QED) is 0.694. The summed E-state index contributed by atoms with van der Waals surface area (Å²) in [5.41, 5.74) is 13.6. The smallest absolute Gasteiger partial charge is 0.181 e. The molecule has 10 heteroatoms. The molecule has 0 amide bonds. The summed E-state index contributed by atoms with van der Waals surface area (Å²) in [5, 5.41) is 5.51. The van der Waals surface area contributed by atoms with Gasteiger partial charge in [-0.3, -0.25) is 0 Å². The molecule has 8 nitrogen and oxygen atoms in total. The Morgan fingerprint density at radius 2 is 1.87 bits per heavy atom. The molecule has 1 fully saturated rings. The molecule has 4 N–H and O–H groups in total. The van der Waals surface area contributed by atoms with Gasteiger partial charge in [0.15, 0.2) is 18.2 Å². The third-order valence-electron chi connectivity index (χ3n) is 5.59. The summed E-state index contributed by atoms with van der Waals surface area (Å²) in [6, 6.07) is 5.80. The summed E-state index contributed by atoms with van der Waals surface area (Å²) in [7, 11) is 0. The first-order chi connectivity index (χ1) is 15.1. The number of hydrazone groups is 1. The number of alkyl halides is 2. The van der Waals surface area contributed by atoms with Gasteiger partial charge in [-0.05, 0) is 43.2 Å². The van der Waals surface area contributed by atoms with Crippen LogP contribution < -0.4 is 21.7 Å². The molecule has 1 aliphatic carbocycles. The number of nitrogens with one attached hydrogen (secondary N) is 2. The summed E-state index contributed by atoms with van der Waals surface area (Å²) in [6.07, 6.45) is 6.40. The Kier molecular flexibility index (Phi) is 4.99. The van der Waals surface area contributed by atoms with Crippen LogP contribution in [0.4, 0.5) is 20.4 Å². The maximum Gasteiger partial charge on any atom is 0.181 e. The standard InChI is InChI=1S/C21H22F2N8/c22-16-4-3-5-17(19(16)23)31-21(27-28-29-31)15-10-14(12-26-20(15)24)13-6-7-18(25-11-13)30-8-1-2-9-30/h3-7,10-12,16,19,28-29H,1-2,8-9H2,(H2,24,26). The van der Waals surface area contributed by atoms with E-state index in [-0.39, 0.29) is 11.5 Å². The van der Waals surface area contributed by atoms with Crippen LogP contribution in [-0.4, -0.2) is 46.2 Å². The summed E-state index contributed by atoms with van der Waals surface area (Å²) in [6.45, 7) is 2.05. The van der Waals surface area contributed by atoms with Crippen molar-refractivity contribution in [3.63, 3.8) is 0 Å². The molecule has 2 aliphatic heterocycles. The van der Waals surface area contributed by atoms with Crippen LogP contribution >= 0.6 is 0 Å². The third kappa shape index (κ3) is 3.59. The lowest BCUT2D eigenvalue weighted by Crippen LogP contribution is -2.45. The van der Waals surface area contributed by atoms with Crippen LogP contribution in [0, 0.1) is 0 Å². The lowest BCUT2D eigenvalue weighted by atomic mass is 10.0. The number of amidine groups is 1. The molecule has 0 saturated carbocycles. The van der Waals surface area contributed by atoms with Crippen LogP contribution in [-0.2, 0) is 0 Å². The first-order valence-corrected chi connectivity index (χ1v) is 10.1. The molecule has 0 aromatic carbocycles. The second-order valence-corrected chi connectivity index (χ2v) is 7.57. The molecule has 5 rings (SSSR count). The number of rotatable bonds is 4. The Morgan fingerprint density at radius 3 is 2.65 bits per heavy atom. The normalized spacial score (nSPS) is 23.0. The Balaban J connectivity index is 1.44. The Hall–Kier alpha value is -3.53. The van der Waals surface area contributed by atoms with Crippen LogP contribution in [0.2, 0.25) is 0 Å².